The van der Waals surface area contributed by atoms with E-state index in [-0.39, 0.29) is 29.0 Å². The first kappa shape index (κ1) is 25.0. The second kappa shape index (κ2) is 9.68. The van der Waals surface area contributed by atoms with Crippen LogP contribution in [0.4, 0.5) is 0 Å². The molecule has 2 aromatic carbocycles. The third-order valence-corrected chi connectivity index (χ3v) is 8.57. The molecule has 33 heavy (non-hydrogen) atoms. The summed E-state index contributed by atoms with van der Waals surface area (Å²) in [4.78, 5) is 15.4. The zero-order chi connectivity index (χ0) is 23.0. The molecule has 2 heterocycles. The van der Waals surface area contributed by atoms with Crippen molar-refractivity contribution in [1.29, 1.82) is 5.41 Å². The average Bonchev–Trinajstić information content (AvgIpc) is 3.40. The number of carbonyl (C=O) groups is 1. The third-order valence-electron chi connectivity index (χ3n) is 5.70. The summed E-state index contributed by atoms with van der Waals surface area (Å²) in [5, 5.41) is 11.0. The highest BCUT2D eigenvalue weighted by molar-refractivity contribution is 7.89. The molecule has 0 bridgehead atoms. The first-order chi connectivity index (χ1) is 15.2. The lowest BCUT2D eigenvalue weighted by Gasteiger charge is -2.23. The first-order valence-corrected chi connectivity index (χ1v) is 12.3. The van der Waals surface area contributed by atoms with Gasteiger partial charge in [-0.1, -0.05) is 12.1 Å². The predicted octanol–water partition coefficient (Wildman–Crippen LogP) is 3.04. The van der Waals surface area contributed by atoms with E-state index < -0.39 is 16.1 Å². The molecule has 0 saturated carbocycles. The Morgan fingerprint density at radius 1 is 1.24 bits per heavy atom. The molecule has 11 heteroatoms. The van der Waals surface area contributed by atoms with Crippen LogP contribution in [0.3, 0.4) is 0 Å². The zero-order valence-corrected chi connectivity index (χ0v) is 20.6. The molecule has 0 aliphatic carbocycles. The van der Waals surface area contributed by atoms with Crippen molar-refractivity contribution in [3.8, 4) is 5.75 Å². The number of likely N-dealkylation sites (N-methyl/N-ethyl adjacent to an activating group) is 1. The van der Waals surface area contributed by atoms with E-state index in [1.165, 1.54) is 22.7 Å². The minimum Gasteiger partial charge on any atom is -0.497 e. The number of likely N-dealkylation sites (tertiary alicyclic amines) is 1. The number of ether oxygens (including phenoxy) is 1. The minimum atomic E-state index is -3.87. The molecular formula is C22H25ClN4O4S2. The largest absolute Gasteiger partial charge is 0.497 e. The smallest absolute Gasteiger partial charge is 0.243 e. The number of nitrogens with one attached hydrogen (secondary N) is 1. The maximum Gasteiger partial charge on any atom is 0.243 e. The van der Waals surface area contributed by atoms with Crippen LogP contribution < -0.4 is 10.5 Å². The number of fused-ring (bicyclic) bond motifs is 1. The number of benzene rings is 2. The van der Waals surface area contributed by atoms with Crippen LogP contribution in [0.25, 0.3) is 10.8 Å². The molecule has 1 aliphatic heterocycles. The van der Waals surface area contributed by atoms with Gasteiger partial charge in [-0.15, -0.1) is 23.7 Å². The van der Waals surface area contributed by atoms with E-state index >= 15 is 0 Å². The van der Waals surface area contributed by atoms with Crippen LogP contribution in [0, 0.1) is 5.41 Å². The van der Waals surface area contributed by atoms with Gasteiger partial charge < -0.3 is 15.4 Å². The van der Waals surface area contributed by atoms with Gasteiger partial charge in [0.05, 0.1) is 16.9 Å². The van der Waals surface area contributed by atoms with E-state index in [1.54, 1.807) is 42.3 Å². The van der Waals surface area contributed by atoms with Gasteiger partial charge >= 0.3 is 0 Å². The van der Waals surface area contributed by atoms with Crippen LogP contribution in [0.15, 0.2) is 52.7 Å². The Hall–Kier alpha value is -2.66. The van der Waals surface area contributed by atoms with Gasteiger partial charge in [0, 0.05) is 20.1 Å². The fourth-order valence-electron chi connectivity index (χ4n) is 3.86. The molecule has 1 amide bonds. The Morgan fingerprint density at radius 2 is 1.97 bits per heavy atom. The van der Waals surface area contributed by atoms with Crippen molar-refractivity contribution in [2.45, 2.75) is 23.9 Å². The molecule has 0 unspecified atom stereocenters. The van der Waals surface area contributed by atoms with Crippen LogP contribution in [0.5, 0.6) is 5.75 Å². The average molecular weight is 509 g/mol. The minimum absolute atomic E-state index is 0. The number of rotatable bonds is 7. The van der Waals surface area contributed by atoms with Crippen molar-refractivity contribution >= 4 is 56.3 Å². The number of hydrogen-bond acceptors (Lipinski definition) is 6. The van der Waals surface area contributed by atoms with Gasteiger partial charge in [-0.2, -0.15) is 4.31 Å². The standard InChI is InChI=1S/C22H24N4O4S2.ClH/c1-25(19-7-8-26(22(19)27)12-14-9-20(21(23)24)31-13-14)32(28,29)18-6-4-15-3-5-17(30-2)10-16(15)11-18;/h3-6,9-11,13,19H,7-8,12H2,1-2H3,(H3,23,24);1H/t19-;/m0./s1. The molecule has 0 radical (unpaired) electrons. The Morgan fingerprint density at radius 3 is 2.64 bits per heavy atom. The van der Waals surface area contributed by atoms with Gasteiger partial charge in [-0.25, -0.2) is 8.42 Å². The number of nitrogens with two attached hydrogens (primary N) is 1. The fraction of sp³-hybridized carbons (Fsp3) is 0.273. The van der Waals surface area contributed by atoms with Gasteiger partial charge in [-0.3, -0.25) is 10.2 Å². The van der Waals surface area contributed by atoms with Crippen molar-refractivity contribution in [2.24, 2.45) is 5.73 Å². The molecule has 1 aromatic heterocycles. The summed E-state index contributed by atoms with van der Waals surface area (Å²) in [6.45, 7) is 0.826. The summed E-state index contributed by atoms with van der Waals surface area (Å²) >= 11 is 1.35. The lowest BCUT2D eigenvalue weighted by Crippen LogP contribution is -2.42. The molecule has 3 N–H and O–H groups in total. The number of methoxy groups -OCH3 is 1. The fourth-order valence-corrected chi connectivity index (χ4v) is 6.01. The molecule has 0 spiro atoms. The molecular weight excluding hydrogens is 484 g/mol. The van der Waals surface area contributed by atoms with Crippen molar-refractivity contribution in [3.05, 3.63) is 58.3 Å². The Kier molecular flexibility index (Phi) is 7.32. The SMILES string of the molecule is COc1ccc2ccc(S(=O)(=O)N(C)[C@H]3CCN(Cc4csc(C(=N)N)c4)C3=O)cc2c1.Cl. The van der Waals surface area contributed by atoms with Gasteiger partial charge in [0.1, 0.15) is 17.6 Å². The molecule has 1 aliphatic rings. The number of thiophene rings is 1. The molecule has 4 rings (SSSR count). The second-order valence-electron chi connectivity index (χ2n) is 7.69. The van der Waals surface area contributed by atoms with E-state index in [4.69, 9.17) is 15.9 Å². The predicted molar refractivity (Wildman–Crippen MR) is 132 cm³/mol. The van der Waals surface area contributed by atoms with Crippen LogP contribution in [-0.4, -0.2) is 56.1 Å². The van der Waals surface area contributed by atoms with Crippen molar-refractivity contribution in [1.82, 2.24) is 9.21 Å². The highest BCUT2D eigenvalue weighted by atomic mass is 35.5. The molecule has 3 aromatic rings. The summed E-state index contributed by atoms with van der Waals surface area (Å²) in [7, 11) is -0.854. The highest BCUT2D eigenvalue weighted by Gasteiger charge is 2.39. The van der Waals surface area contributed by atoms with Gasteiger partial charge in [-0.05, 0) is 58.5 Å². The normalized spacial score (nSPS) is 16.3. The van der Waals surface area contributed by atoms with Gasteiger partial charge in [0.25, 0.3) is 0 Å². The Bertz CT molecular complexity index is 1310. The van der Waals surface area contributed by atoms with Crippen molar-refractivity contribution < 1.29 is 17.9 Å². The van der Waals surface area contributed by atoms with E-state index in [1.807, 2.05) is 17.5 Å². The van der Waals surface area contributed by atoms with E-state index in [2.05, 4.69) is 0 Å². The summed E-state index contributed by atoms with van der Waals surface area (Å²) in [6, 6.07) is 11.4. The van der Waals surface area contributed by atoms with Crippen LogP contribution in [-0.2, 0) is 21.4 Å². The summed E-state index contributed by atoms with van der Waals surface area (Å²) < 4.78 is 33.0. The van der Waals surface area contributed by atoms with Crippen molar-refractivity contribution in [2.75, 3.05) is 20.7 Å². The topological polar surface area (TPSA) is 117 Å². The number of nitrogens with zero attached hydrogens (tertiary/aromatic N) is 2. The first-order valence-electron chi connectivity index (χ1n) is 9.97. The lowest BCUT2D eigenvalue weighted by atomic mass is 10.1. The number of amides is 1. The van der Waals surface area contributed by atoms with Crippen LogP contribution in [0.2, 0.25) is 0 Å². The summed E-state index contributed by atoms with van der Waals surface area (Å²) in [6.07, 6.45) is 0.416. The van der Waals surface area contributed by atoms with E-state index in [9.17, 15) is 13.2 Å². The third kappa shape index (κ3) is 4.84. The van der Waals surface area contributed by atoms with Gasteiger partial charge in [0.2, 0.25) is 15.9 Å². The van der Waals surface area contributed by atoms with Crippen LogP contribution in [0.1, 0.15) is 16.9 Å². The molecule has 1 fully saturated rings. The molecule has 176 valence electrons. The monoisotopic (exact) mass is 508 g/mol. The van der Waals surface area contributed by atoms with E-state index in [0.29, 0.717) is 30.1 Å². The Balaban J connectivity index is 0.00000306. The van der Waals surface area contributed by atoms with Gasteiger partial charge in [0.15, 0.2) is 0 Å². The van der Waals surface area contributed by atoms with E-state index in [0.717, 1.165) is 16.3 Å². The van der Waals surface area contributed by atoms with Crippen molar-refractivity contribution in [3.63, 3.8) is 0 Å². The molecule has 8 nitrogen and oxygen atoms in total. The maximum atomic E-state index is 13.3. The number of halogens is 1. The number of amidine groups is 1. The Labute approximate surface area is 202 Å². The quantitative estimate of drug-likeness (QED) is 0.376. The molecule has 1 atom stereocenters. The molecule has 1 saturated heterocycles. The maximum absolute atomic E-state index is 13.3. The van der Waals surface area contributed by atoms with Crippen LogP contribution >= 0.6 is 23.7 Å². The number of hydrogen-bond donors (Lipinski definition) is 2. The highest BCUT2D eigenvalue weighted by Crippen LogP contribution is 2.28. The number of carbonyl (C=O) groups excluding carboxylic acids is 1. The summed E-state index contributed by atoms with van der Waals surface area (Å²) in [5.74, 6) is 0.406. The number of nitrogen functional groups attached to an aromatic ring is 1. The lowest BCUT2D eigenvalue weighted by molar-refractivity contribution is -0.131. The zero-order valence-electron chi connectivity index (χ0n) is 18.1. The second-order valence-corrected chi connectivity index (χ2v) is 10.6. The number of sulfonamides is 1. The summed E-state index contributed by atoms with van der Waals surface area (Å²) in [5.41, 5.74) is 6.39.